The van der Waals surface area contributed by atoms with Crippen LogP contribution in [0.25, 0.3) is 0 Å². The topological polar surface area (TPSA) is 20.2 Å². The molecule has 1 aliphatic carbocycles. The first kappa shape index (κ1) is 6.93. The maximum Gasteiger partial charge on any atom is 0.243 e. The normalized spacial score (nSPS) is 36.0. The second-order valence-electron chi connectivity index (χ2n) is 2.50. The van der Waals surface area contributed by atoms with Crippen LogP contribution in [0.5, 0.6) is 0 Å². The quantitative estimate of drug-likeness (QED) is 0.577. The average Bonchev–Trinajstić information content (AvgIpc) is 2.13. The Morgan fingerprint density at radius 2 is 2.00 bits per heavy atom. The molecule has 0 aliphatic heterocycles. The zero-order valence-electron chi connectivity index (χ0n) is 5.06. The largest absolute Gasteiger partial charge is 0.393 e. The minimum Gasteiger partial charge on any atom is -0.393 e. The Morgan fingerprint density at radius 1 is 1.33 bits per heavy atom. The van der Waals surface area contributed by atoms with Crippen LogP contribution in [0, 0.1) is 5.92 Å². The minimum absolute atomic E-state index is 0.485. The molecule has 0 radical (unpaired) electrons. The number of hydrogen-bond donors (Lipinski definition) is 1. The van der Waals surface area contributed by atoms with E-state index in [1.807, 2.05) is 0 Å². The van der Waals surface area contributed by atoms with Gasteiger partial charge in [0.25, 0.3) is 0 Å². The summed E-state index contributed by atoms with van der Waals surface area (Å²) in [4.78, 5) is 0. The Morgan fingerprint density at radius 3 is 2.22 bits per heavy atom. The van der Waals surface area contributed by atoms with Crippen molar-refractivity contribution in [1.29, 1.82) is 0 Å². The van der Waals surface area contributed by atoms with Crippen molar-refractivity contribution in [2.45, 2.75) is 31.8 Å². The van der Waals surface area contributed by atoms with E-state index in [1.165, 1.54) is 0 Å². The molecular formula is C6H10F2O. The van der Waals surface area contributed by atoms with Crippen LogP contribution >= 0.6 is 0 Å². The highest BCUT2D eigenvalue weighted by Gasteiger charge is 2.32. The molecule has 0 unspecified atom stereocenters. The molecule has 0 aromatic carbocycles. The fraction of sp³-hybridized carbons (Fsp3) is 1.00. The van der Waals surface area contributed by atoms with Gasteiger partial charge in [-0.1, -0.05) is 6.42 Å². The van der Waals surface area contributed by atoms with E-state index in [-0.39, 0.29) is 0 Å². The van der Waals surface area contributed by atoms with Crippen molar-refractivity contribution in [3.63, 3.8) is 0 Å². The van der Waals surface area contributed by atoms with Crippen molar-refractivity contribution in [2.24, 2.45) is 5.92 Å². The van der Waals surface area contributed by atoms with E-state index in [9.17, 15) is 8.78 Å². The van der Waals surface area contributed by atoms with Crippen molar-refractivity contribution >= 4 is 0 Å². The lowest BCUT2D eigenvalue weighted by atomic mass is 10.1. The van der Waals surface area contributed by atoms with Gasteiger partial charge in [0, 0.05) is 5.92 Å². The maximum atomic E-state index is 11.8. The van der Waals surface area contributed by atoms with Gasteiger partial charge in [0.1, 0.15) is 0 Å². The summed E-state index contributed by atoms with van der Waals surface area (Å²) in [6, 6.07) is 0. The molecule has 0 heterocycles. The van der Waals surface area contributed by atoms with Crippen LogP contribution < -0.4 is 0 Å². The highest BCUT2D eigenvalue weighted by atomic mass is 19.3. The molecule has 1 saturated carbocycles. The molecule has 0 saturated heterocycles. The first-order valence-corrected chi connectivity index (χ1v) is 3.18. The molecule has 1 fully saturated rings. The molecule has 0 amide bonds. The van der Waals surface area contributed by atoms with Crippen LogP contribution in [0.1, 0.15) is 19.3 Å². The van der Waals surface area contributed by atoms with Gasteiger partial charge in [-0.3, -0.25) is 0 Å². The van der Waals surface area contributed by atoms with Gasteiger partial charge in [0.2, 0.25) is 6.43 Å². The number of alkyl halides is 2. The lowest BCUT2D eigenvalue weighted by Crippen LogP contribution is -2.20. The molecule has 0 spiro atoms. The summed E-state index contributed by atoms with van der Waals surface area (Å²) in [5, 5.41) is 8.88. The molecule has 0 aromatic heterocycles. The third-order valence-electron chi connectivity index (χ3n) is 1.86. The van der Waals surface area contributed by atoms with Crippen LogP contribution in [-0.4, -0.2) is 17.6 Å². The summed E-state index contributed by atoms with van der Waals surface area (Å²) in [7, 11) is 0. The molecular weight excluding hydrogens is 126 g/mol. The second kappa shape index (κ2) is 2.60. The van der Waals surface area contributed by atoms with E-state index in [4.69, 9.17) is 5.11 Å². The second-order valence-corrected chi connectivity index (χ2v) is 2.50. The van der Waals surface area contributed by atoms with Crippen LogP contribution in [-0.2, 0) is 0 Å². The third-order valence-corrected chi connectivity index (χ3v) is 1.86. The summed E-state index contributed by atoms with van der Waals surface area (Å²) < 4.78 is 23.7. The molecule has 1 rings (SSSR count). The number of hydrogen-bond acceptors (Lipinski definition) is 1. The first-order valence-electron chi connectivity index (χ1n) is 3.18. The zero-order valence-corrected chi connectivity index (χ0v) is 5.06. The summed E-state index contributed by atoms with van der Waals surface area (Å²) in [5.74, 6) is -0.745. The average molecular weight is 136 g/mol. The van der Waals surface area contributed by atoms with Crippen molar-refractivity contribution < 1.29 is 13.9 Å². The van der Waals surface area contributed by atoms with Gasteiger partial charge < -0.3 is 5.11 Å². The van der Waals surface area contributed by atoms with Gasteiger partial charge in [-0.25, -0.2) is 8.78 Å². The molecule has 54 valence electrons. The standard InChI is InChI=1S/C6H10F2O/c7-6(8)4-2-1-3-5(4)9/h4-6,9H,1-3H2/t4-,5-/m1/s1. The summed E-state index contributed by atoms with van der Waals surface area (Å²) in [6.45, 7) is 0. The smallest absolute Gasteiger partial charge is 0.243 e. The van der Waals surface area contributed by atoms with Crippen LogP contribution in [0.4, 0.5) is 8.78 Å². The number of aliphatic hydroxyl groups excluding tert-OH is 1. The van der Waals surface area contributed by atoms with Crippen molar-refractivity contribution in [2.75, 3.05) is 0 Å². The summed E-state index contributed by atoms with van der Waals surface area (Å²) in [5.41, 5.74) is 0. The van der Waals surface area contributed by atoms with Crippen LogP contribution in [0.15, 0.2) is 0 Å². The van der Waals surface area contributed by atoms with Crippen molar-refractivity contribution in [3.05, 3.63) is 0 Å². The molecule has 1 nitrogen and oxygen atoms in total. The highest BCUT2D eigenvalue weighted by Crippen LogP contribution is 2.30. The van der Waals surface area contributed by atoms with E-state index in [1.54, 1.807) is 0 Å². The van der Waals surface area contributed by atoms with E-state index in [0.29, 0.717) is 12.8 Å². The molecule has 0 aromatic rings. The molecule has 0 bridgehead atoms. The zero-order chi connectivity index (χ0) is 6.85. The lowest BCUT2D eigenvalue weighted by molar-refractivity contribution is 0.0104. The Kier molecular flexibility index (Phi) is 2.01. The summed E-state index contributed by atoms with van der Waals surface area (Å²) >= 11 is 0. The number of halogens is 2. The summed E-state index contributed by atoms with van der Waals surface area (Å²) in [6.07, 6.45) is -1.29. The van der Waals surface area contributed by atoms with Gasteiger partial charge in [-0.15, -0.1) is 0 Å². The van der Waals surface area contributed by atoms with E-state index in [2.05, 4.69) is 0 Å². The third kappa shape index (κ3) is 1.39. The van der Waals surface area contributed by atoms with Gasteiger partial charge in [0.05, 0.1) is 6.10 Å². The molecule has 1 aliphatic rings. The lowest BCUT2D eigenvalue weighted by Gasteiger charge is -2.11. The van der Waals surface area contributed by atoms with Crippen molar-refractivity contribution in [3.8, 4) is 0 Å². The van der Waals surface area contributed by atoms with Gasteiger partial charge >= 0.3 is 0 Å². The van der Waals surface area contributed by atoms with E-state index < -0.39 is 18.4 Å². The maximum absolute atomic E-state index is 11.8. The number of aliphatic hydroxyl groups is 1. The fourth-order valence-corrected chi connectivity index (χ4v) is 1.26. The van der Waals surface area contributed by atoms with Gasteiger partial charge in [-0.2, -0.15) is 0 Å². The predicted molar refractivity (Wildman–Crippen MR) is 29.4 cm³/mol. The molecule has 1 N–H and O–H groups in total. The van der Waals surface area contributed by atoms with Crippen LogP contribution in [0.3, 0.4) is 0 Å². The molecule has 2 atom stereocenters. The van der Waals surface area contributed by atoms with E-state index >= 15 is 0 Å². The molecule has 3 heteroatoms. The fourth-order valence-electron chi connectivity index (χ4n) is 1.26. The van der Waals surface area contributed by atoms with Crippen LogP contribution in [0.2, 0.25) is 0 Å². The number of rotatable bonds is 1. The minimum atomic E-state index is -2.33. The Hall–Kier alpha value is -0.180. The monoisotopic (exact) mass is 136 g/mol. The van der Waals surface area contributed by atoms with E-state index in [0.717, 1.165) is 6.42 Å². The van der Waals surface area contributed by atoms with Gasteiger partial charge in [-0.05, 0) is 12.8 Å². The Labute approximate surface area is 52.7 Å². The predicted octanol–water partition coefficient (Wildman–Crippen LogP) is 1.41. The highest BCUT2D eigenvalue weighted by molar-refractivity contribution is 4.77. The Bertz CT molecular complexity index is 95.1. The molecule has 9 heavy (non-hydrogen) atoms. The first-order chi connectivity index (χ1) is 4.22. The SMILES string of the molecule is O[C@@H]1CCC[C@H]1C(F)F. The Balaban J connectivity index is 2.40. The van der Waals surface area contributed by atoms with Crippen molar-refractivity contribution in [1.82, 2.24) is 0 Å². The van der Waals surface area contributed by atoms with Gasteiger partial charge in [0.15, 0.2) is 0 Å².